The van der Waals surface area contributed by atoms with Crippen LogP contribution in [0.3, 0.4) is 0 Å². The molecule has 5 rings (SSSR count). The van der Waals surface area contributed by atoms with Crippen molar-refractivity contribution in [2.24, 2.45) is 7.05 Å². The lowest BCUT2D eigenvalue weighted by molar-refractivity contribution is -0.119. The number of amides is 2. The topological polar surface area (TPSA) is 67.2 Å². The van der Waals surface area contributed by atoms with E-state index in [9.17, 15) is 9.59 Å². The fourth-order valence-electron chi connectivity index (χ4n) is 4.61. The summed E-state index contributed by atoms with van der Waals surface area (Å²) in [7, 11) is 3.75. The largest absolute Gasteiger partial charge is 0.350 e. The monoisotopic (exact) mass is 410 g/mol. The van der Waals surface area contributed by atoms with Gasteiger partial charge in [0.25, 0.3) is 5.91 Å². The number of benzene rings is 2. The summed E-state index contributed by atoms with van der Waals surface area (Å²) >= 11 is 0. The summed E-state index contributed by atoms with van der Waals surface area (Å²) in [6.45, 7) is 0. The summed E-state index contributed by atoms with van der Waals surface area (Å²) in [5, 5.41) is 4.03. The summed E-state index contributed by atoms with van der Waals surface area (Å²) in [5.41, 5.74) is 3.94. The first-order chi connectivity index (χ1) is 15.1. The van der Waals surface area contributed by atoms with Gasteiger partial charge in [-0.05, 0) is 29.8 Å². The van der Waals surface area contributed by atoms with E-state index >= 15 is 0 Å². The zero-order chi connectivity index (χ0) is 21.5. The molecule has 4 aromatic rings. The van der Waals surface area contributed by atoms with Crippen LogP contribution < -0.4 is 5.32 Å². The Balaban J connectivity index is 1.69. The number of pyridine rings is 1. The third-order valence-corrected chi connectivity index (χ3v) is 6.04. The molecule has 1 aliphatic rings. The van der Waals surface area contributed by atoms with Crippen molar-refractivity contribution in [1.29, 1.82) is 0 Å². The van der Waals surface area contributed by atoms with E-state index in [1.807, 2.05) is 60.3 Å². The molecule has 0 radical (unpaired) electrons. The number of fused-ring (bicyclic) bond motifs is 2. The Morgan fingerprint density at radius 2 is 1.74 bits per heavy atom. The van der Waals surface area contributed by atoms with Gasteiger partial charge in [0.05, 0.1) is 23.8 Å². The maximum Gasteiger partial charge on any atom is 0.254 e. The molecule has 0 aliphatic carbocycles. The molecule has 31 heavy (non-hydrogen) atoms. The van der Waals surface area contributed by atoms with E-state index in [2.05, 4.69) is 10.3 Å². The molecular formula is C25H22N4O2. The molecule has 6 heteroatoms. The van der Waals surface area contributed by atoms with Gasteiger partial charge >= 0.3 is 0 Å². The molecule has 2 aromatic heterocycles. The van der Waals surface area contributed by atoms with E-state index in [-0.39, 0.29) is 11.8 Å². The molecule has 1 N–H and O–H groups in total. The van der Waals surface area contributed by atoms with Gasteiger partial charge in [0, 0.05) is 48.5 Å². The molecule has 2 aromatic carbocycles. The van der Waals surface area contributed by atoms with Gasteiger partial charge in [-0.3, -0.25) is 14.6 Å². The lowest BCUT2D eigenvalue weighted by Crippen LogP contribution is -2.44. The normalized spacial score (nSPS) is 18.1. The number of aryl methyl sites for hydroxylation is 1. The number of hydrogen-bond acceptors (Lipinski definition) is 3. The number of hydrogen-bond donors (Lipinski definition) is 1. The minimum Gasteiger partial charge on any atom is -0.350 e. The van der Waals surface area contributed by atoms with E-state index in [0.29, 0.717) is 11.3 Å². The quantitative estimate of drug-likeness (QED) is 0.552. The minimum atomic E-state index is -0.565. The van der Waals surface area contributed by atoms with Crippen LogP contribution in [0.2, 0.25) is 0 Å². The second-order valence-corrected chi connectivity index (χ2v) is 7.87. The lowest BCUT2D eigenvalue weighted by Gasteiger charge is -2.39. The molecule has 154 valence electrons. The van der Waals surface area contributed by atoms with E-state index in [0.717, 1.165) is 22.0 Å². The summed E-state index contributed by atoms with van der Waals surface area (Å²) in [6, 6.07) is 18.6. The van der Waals surface area contributed by atoms with Crippen molar-refractivity contribution in [2.45, 2.75) is 12.0 Å². The zero-order valence-corrected chi connectivity index (χ0v) is 17.3. The molecule has 1 aliphatic heterocycles. The number of likely N-dealkylation sites (N-methyl/N-ethyl adjacent to an activating group) is 1. The van der Waals surface area contributed by atoms with Gasteiger partial charge in [0.2, 0.25) is 5.91 Å². The van der Waals surface area contributed by atoms with Crippen molar-refractivity contribution in [3.8, 4) is 0 Å². The molecule has 0 spiro atoms. The van der Waals surface area contributed by atoms with Crippen LogP contribution >= 0.6 is 0 Å². The number of carbonyl (C=O) groups is 2. The Morgan fingerprint density at radius 3 is 2.55 bits per heavy atom. The maximum atomic E-state index is 13.6. The minimum absolute atomic E-state index is 0.0843. The van der Waals surface area contributed by atoms with Gasteiger partial charge in [0.1, 0.15) is 0 Å². The fourth-order valence-corrected chi connectivity index (χ4v) is 4.61. The van der Waals surface area contributed by atoms with Crippen LogP contribution in [0.25, 0.3) is 10.9 Å². The van der Waals surface area contributed by atoms with Crippen molar-refractivity contribution >= 4 is 28.4 Å². The Bertz CT molecular complexity index is 1300. The Morgan fingerprint density at radius 1 is 0.968 bits per heavy atom. The summed E-state index contributed by atoms with van der Waals surface area (Å²) < 4.78 is 2.04. The van der Waals surface area contributed by atoms with Crippen molar-refractivity contribution < 1.29 is 9.59 Å². The zero-order valence-electron chi connectivity index (χ0n) is 17.3. The molecular weight excluding hydrogens is 388 g/mol. The second-order valence-electron chi connectivity index (χ2n) is 7.87. The number of nitrogens with zero attached hydrogens (tertiary/aromatic N) is 3. The van der Waals surface area contributed by atoms with Crippen LogP contribution in [0.15, 0.2) is 79.3 Å². The molecule has 0 saturated heterocycles. The van der Waals surface area contributed by atoms with Gasteiger partial charge in [0.15, 0.2) is 0 Å². The highest BCUT2D eigenvalue weighted by atomic mass is 16.2. The Labute approximate surface area is 180 Å². The first-order valence-electron chi connectivity index (χ1n) is 10.2. The summed E-state index contributed by atoms with van der Waals surface area (Å²) in [6.07, 6.45) is 5.31. The lowest BCUT2D eigenvalue weighted by atomic mass is 9.79. The van der Waals surface area contributed by atoms with E-state index in [1.165, 1.54) is 0 Å². The third kappa shape index (κ3) is 3.08. The molecule has 3 heterocycles. The predicted octanol–water partition coefficient (Wildman–Crippen LogP) is 4.12. The van der Waals surface area contributed by atoms with Crippen LogP contribution in [-0.2, 0) is 11.8 Å². The average Bonchev–Trinajstić information content (AvgIpc) is 3.13. The average molecular weight is 410 g/mol. The number of aromatic nitrogens is 2. The van der Waals surface area contributed by atoms with Gasteiger partial charge < -0.3 is 14.8 Å². The number of carbonyl (C=O) groups excluding carboxylic acids is 2. The van der Waals surface area contributed by atoms with E-state index < -0.39 is 12.0 Å². The Kier molecular flexibility index (Phi) is 4.55. The number of rotatable bonds is 3. The van der Waals surface area contributed by atoms with Gasteiger partial charge in [-0.1, -0.05) is 36.4 Å². The molecule has 2 atom stereocenters. The van der Waals surface area contributed by atoms with Crippen molar-refractivity contribution in [1.82, 2.24) is 14.5 Å². The standard InChI is InChI=1S/C25H22N4O2/c1-28-15-20(17-9-5-6-12-21(17)28)23-22(24(30)27-16-8-7-13-26-14-16)18-10-3-4-11-19(18)25(31)29(23)2/h3-15,22-23H,1-2H3,(H,27,30). The molecule has 2 amide bonds. The second kappa shape index (κ2) is 7.40. The third-order valence-electron chi connectivity index (χ3n) is 6.04. The molecule has 2 unspecified atom stereocenters. The van der Waals surface area contributed by atoms with Crippen molar-refractivity contribution in [3.63, 3.8) is 0 Å². The highest BCUT2D eigenvalue weighted by Crippen LogP contribution is 2.44. The van der Waals surface area contributed by atoms with Gasteiger partial charge in [-0.2, -0.15) is 0 Å². The van der Waals surface area contributed by atoms with Gasteiger partial charge in [-0.15, -0.1) is 0 Å². The van der Waals surface area contributed by atoms with Crippen LogP contribution in [0.5, 0.6) is 0 Å². The summed E-state index contributed by atoms with van der Waals surface area (Å²) in [5.74, 6) is -0.818. The molecule has 0 saturated carbocycles. The smallest absolute Gasteiger partial charge is 0.254 e. The first kappa shape index (κ1) is 19.1. The highest BCUT2D eigenvalue weighted by Gasteiger charge is 2.43. The first-order valence-corrected chi connectivity index (χ1v) is 10.2. The van der Waals surface area contributed by atoms with Crippen LogP contribution in [0, 0.1) is 0 Å². The van der Waals surface area contributed by atoms with Crippen LogP contribution in [0.4, 0.5) is 5.69 Å². The van der Waals surface area contributed by atoms with E-state index in [4.69, 9.17) is 0 Å². The SMILES string of the molecule is CN1C(=O)c2ccccc2C(C(=O)Nc2cccnc2)C1c1cn(C)c2ccccc12. The Hall–Kier alpha value is -3.93. The molecule has 0 bridgehead atoms. The number of anilines is 1. The van der Waals surface area contributed by atoms with E-state index in [1.54, 1.807) is 42.5 Å². The molecule has 6 nitrogen and oxygen atoms in total. The number of nitrogens with one attached hydrogen (secondary N) is 1. The van der Waals surface area contributed by atoms with Crippen molar-refractivity contribution in [2.75, 3.05) is 12.4 Å². The fraction of sp³-hybridized carbons (Fsp3) is 0.160. The van der Waals surface area contributed by atoms with Crippen LogP contribution in [-0.4, -0.2) is 33.3 Å². The number of para-hydroxylation sites is 1. The summed E-state index contributed by atoms with van der Waals surface area (Å²) in [4.78, 5) is 32.7. The van der Waals surface area contributed by atoms with Crippen molar-refractivity contribution in [3.05, 3.63) is 95.9 Å². The van der Waals surface area contributed by atoms with Crippen LogP contribution in [0.1, 0.15) is 33.4 Å². The maximum absolute atomic E-state index is 13.6. The highest BCUT2D eigenvalue weighted by molar-refractivity contribution is 6.05. The molecule has 0 fully saturated rings. The predicted molar refractivity (Wildman–Crippen MR) is 120 cm³/mol. The van der Waals surface area contributed by atoms with Gasteiger partial charge in [-0.25, -0.2) is 0 Å².